The summed E-state index contributed by atoms with van der Waals surface area (Å²) in [7, 11) is 3.32. The van der Waals surface area contributed by atoms with Gasteiger partial charge in [-0.1, -0.05) is 6.07 Å². The van der Waals surface area contributed by atoms with E-state index in [1.165, 1.54) is 11.0 Å². The van der Waals surface area contributed by atoms with Crippen LogP contribution >= 0.6 is 0 Å². The third-order valence-corrected chi connectivity index (χ3v) is 4.09. The molecule has 0 bridgehead atoms. The summed E-state index contributed by atoms with van der Waals surface area (Å²) in [5.41, 5.74) is 1.75. The smallest absolute Gasteiger partial charge is 0.336 e. The molecule has 1 aromatic heterocycles. The van der Waals surface area contributed by atoms with Crippen molar-refractivity contribution in [1.82, 2.24) is 4.90 Å². The molecule has 7 heteroatoms. The SMILES string of the molecule is Cc1cc(=O)oc2cc(OCC(=O)Nc3cccc(C(=O)N(C)C)c3)ccc12. The molecule has 0 unspecified atom stereocenters. The molecule has 0 saturated carbocycles. The first-order chi connectivity index (χ1) is 13.3. The number of aryl methyl sites for hydroxylation is 1. The van der Waals surface area contributed by atoms with Crippen LogP contribution in [0.15, 0.2) is 57.7 Å². The number of nitrogens with zero attached hydrogens (tertiary/aromatic N) is 1. The van der Waals surface area contributed by atoms with Crippen molar-refractivity contribution in [2.45, 2.75) is 6.92 Å². The molecule has 0 aliphatic rings. The zero-order valence-electron chi connectivity index (χ0n) is 15.8. The summed E-state index contributed by atoms with van der Waals surface area (Å²) in [6, 6.07) is 13.2. The van der Waals surface area contributed by atoms with Crippen LogP contribution in [0.3, 0.4) is 0 Å². The van der Waals surface area contributed by atoms with Crippen molar-refractivity contribution < 1.29 is 18.7 Å². The van der Waals surface area contributed by atoms with Crippen LogP contribution in [0.1, 0.15) is 15.9 Å². The van der Waals surface area contributed by atoms with Crippen LogP contribution in [0.25, 0.3) is 11.0 Å². The molecule has 0 radical (unpaired) electrons. The summed E-state index contributed by atoms with van der Waals surface area (Å²) in [5, 5.41) is 3.50. The molecule has 1 N–H and O–H groups in total. The Hall–Kier alpha value is -3.61. The lowest BCUT2D eigenvalue weighted by Gasteiger charge is -2.12. The van der Waals surface area contributed by atoms with E-state index in [1.807, 2.05) is 6.92 Å². The molecule has 0 saturated heterocycles. The van der Waals surface area contributed by atoms with Gasteiger partial charge in [0.25, 0.3) is 11.8 Å². The number of hydrogen-bond acceptors (Lipinski definition) is 5. The van der Waals surface area contributed by atoms with Crippen LogP contribution in [0.5, 0.6) is 5.75 Å². The highest BCUT2D eigenvalue weighted by atomic mass is 16.5. The van der Waals surface area contributed by atoms with Gasteiger partial charge in [0.05, 0.1) is 0 Å². The van der Waals surface area contributed by atoms with Gasteiger partial charge in [0, 0.05) is 42.9 Å². The van der Waals surface area contributed by atoms with Crippen LogP contribution < -0.4 is 15.7 Å². The molecule has 2 aromatic carbocycles. The van der Waals surface area contributed by atoms with E-state index in [1.54, 1.807) is 56.6 Å². The molecule has 0 aliphatic carbocycles. The highest BCUT2D eigenvalue weighted by Crippen LogP contribution is 2.22. The monoisotopic (exact) mass is 380 g/mol. The average molecular weight is 380 g/mol. The Balaban J connectivity index is 1.66. The van der Waals surface area contributed by atoms with Crippen LogP contribution in [0.2, 0.25) is 0 Å². The number of carbonyl (C=O) groups excluding carboxylic acids is 2. The third-order valence-electron chi connectivity index (χ3n) is 4.09. The van der Waals surface area contributed by atoms with E-state index >= 15 is 0 Å². The molecule has 0 spiro atoms. The molecule has 3 aromatic rings. The van der Waals surface area contributed by atoms with E-state index < -0.39 is 5.63 Å². The molecule has 0 atom stereocenters. The molecule has 1 heterocycles. The van der Waals surface area contributed by atoms with Crippen molar-refractivity contribution in [2.24, 2.45) is 0 Å². The van der Waals surface area contributed by atoms with Gasteiger partial charge in [-0.3, -0.25) is 9.59 Å². The first-order valence-electron chi connectivity index (χ1n) is 8.62. The Kier molecular flexibility index (Phi) is 5.44. The van der Waals surface area contributed by atoms with Gasteiger partial charge in [-0.05, 0) is 42.8 Å². The fourth-order valence-corrected chi connectivity index (χ4v) is 2.73. The van der Waals surface area contributed by atoms with Gasteiger partial charge >= 0.3 is 5.63 Å². The van der Waals surface area contributed by atoms with Gasteiger partial charge in [-0.2, -0.15) is 0 Å². The predicted octanol–water partition coefficient (Wildman–Crippen LogP) is 2.82. The maximum atomic E-state index is 12.2. The summed E-state index contributed by atoms with van der Waals surface area (Å²) in [5.74, 6) is -0.117. The molecule has 144 valence electrons. The first kappa shape index (κ1) is 19.2. The van der Waals surface area contributed by atoms with Gasteiger partial charge in [0.2, 0.25) is 0 Å². The third kappa shape index (κ3) is 4.37. The number of hydrogen-bond donors (Lipinski definition) is 1. The number of ether oxygens (including phenoxy) is 1. The maximum absolute atomic E-state index is 12.2. The summed E-state index contributed by atoms with van der Waals surface area (Å²) in [6.45, 7) is 1.59. The lowest BCUT2D eigenvalue weighted by Crippen LogP contribution is -2.23. The van der Waals surface area contributed by atoms with E-state index in [2.05, 4.69) is 5.32 Å². The Morgan fingerprint density at radius 1 is 1.11 bits per heavy atom. The number of nitrogens with one attached hydrogen (secondary N) is 1. The molecular formula is C21H20N2O5. The molecule has 3 rings (SSSR count). The number of rotatable bonds is 5. The van der Waals surface area contributed by atoms with E-state index in [0.29, 0.717) is 22.6 Å². The van der Waals surface area contributed by atoms with Crippen LogP contribution in [-0.4, -0.2) is 37.4 Å². The minimum absolute atomic E-state index is 0.153. The van der Waals surface area contributed by atoms with Crippen molar-refractivity contribution in [1.29, 1.82) is 0 Å². The fraction of sp³-hybridized carbons (Fsp3) is 0.190. The topological polar surface area (TPSA) is 88.8 Å². The van der Waals surface area contributed by atoms with E-state index in [9.17, 15) is 14.4 Å². The zero-order chi connectivity index (χ0) is 20.3. The average Bonchev–Trinajstić information content (AvgIpc) is 2.65. The number of benzene rings is 2. The second-order valence-electron chi connectivity index (χ2n) is 6.52. The van der Waals surface area contributed by atoms with Crippen molar-refractivity contribution in [3.8, 4) is 5.75 Å². The van der Waals surface area contributed by atoms with E-state index in [4.69, 9.17) is 9.15 Å². The molecular weight excluding hydrogens is 360 g/mol. The number of anilines is 1. The first-order valence-corrected chi connectivity index (χ1v) is 8.62. The van der Waals surface area contributed by atoms with Gasteiger partial charge in [-0.15, -0.1) is 0 Å². The fourth-order valence-electron chi connectivity index (χ4n) is 2.73. The van der Waals surface area contributed by atoms with Crippen LogP contribution in [-0.2, 0) is 4.79 Å². The van der Waals surface area contributed by atoms with Gasteiger partial charge in [0.15, 0.2) is 6.61 Å². The minimum atomic E-state index is -0.438. The predicted molar refractivity (Wildman–Crippen MR) is 106 cm³/mol. The second kappa shape index (κ2) is 7.96. The normalized spacial score (nSPS) is 10.5. The van der Waals surface area contributed by atoms with E-state index in [0.717, 1.165) is 10.9 Å². The summed E-state index contributed by atoms with van der Waals surface area (Å²) in [4.78, 5) is 37.1. The summed E-state index contributed by atoms with van der Waals surface area (Å²) in [6.07, 6.45) is 0. The maximum Gasteiger partial charge on any atom is 0.336 e. The number of fused-ring (bicyclic) bond motifs is 1. The van der Waals surface area contributed by atoms with E-state index in [-0.39, 0.29) is 18.4 Å². The van der Waals surface area contributed by atoms with Gasteiger partial charge in [0.1, 0.15) is 11.3 Å². The van der Waals surface area contributed by atoms with Crippen molar-refractivity contribution in [2.75, 3.05) is 26.0 Å². The largest absolute Gasteiger partial charge is 0.484 e. The van der Waals surface area contributed by atoms with Gasteiger partial charge < -0.3 is 19.4 Å². The summed E-state index contributed by atoms with van der Waals surface area (Å²) >= 11 is 0. The Labute approximate surface area is 161 Å². The molecule has 2 amide bonds. The standard InChI is InChI=1S/C21H20N2O5/c1-13-9-20(25)28-18-11-16(7-8-17(13)18)27-12-19(24)22-15-6-4-5-14(10-15)21(26)23(2)3/h4-11H,12H2,1-3H3,(H,22,24). The second-order valence-corrected chi connectivity index (χ2v) is 6.52. The summed E-state index contributed by atoms with van der Waals surface area (Å²) < 4.78 is 10.7. The molecule has 0 fully saturated rings. The van der Waals surface area contributed by atoms with Crippen molar-refractivity contribution >= 4 is 28.5 Å². The Morgan fingerprint density at radius 2 is 1.89 bits per heavy atom. The lowest BCUT2D eigenvalue weighted by molar-refractivity contribution is -0.118. The molecule has 28 heavy (non-hydrogen) atoms. The van der Waals surface area contributed by atoms with Gasteiger partial charge in [-0.25, -0.2) is 4.79 Å². The zero-order valence-corrected chi connectivity index (χ0v) is 15.8. The minimum Gasteiger partial charge on any atom is -0.484 e. The highest BCUT2D eigenvalue weighted by Gasteiger charge is 2.10. The van der Waals surface area contributed by atoms with Crippen LogP contribution in [0, 0.1) is 6.92 Å². The van der Waals surface area contributed by atoms with Crippen molar-refractivity contribution in [3.63, 3.8) is 0 Å². The Morgan fingerprint density at radius 3 is 2.64 bits per heavy atom. The number of carbonyl (C=O) groups is 2. The lowest BCUT2D eigenvalue weighted by atomic mass is 10.1. The van der Waals surface area contributed by atoms with Crippen molar-refractivity contribution in [3.05, 3.63) is 70.1 Å². The number of amides is 2. The van der Waals surface area contributed by atoms with Crippen LogP contribution in [0.4, 0.5) is 5.69 Å². The molecule has 7 nitrogen and oxygen atoms in total. The Bertz CT molecular complexity index is 1100. The quantitative estimate of drug-likeness (QED) is 0.688. The highest BCUT2D eigenvalue weighted by molar-refractivity contribution is 5.97. The molecule has 0 aliphatic heterocycles.